The first kappa shape index (κ1) is 13.3. The van der Waals surface area contributed by atoms with Gasteiger partial charge >= 0.3 is 0 Å². The third-order valence-corrected chi connectivity index (χ3v) is 4.09. The van der Waals surface area contributed by atoms with Crippen LogP contribution < -0.4 is 0 Å². The summed E-state index contributed by atoms with van der Waals surface area (Å²) in [7, 11) is 0. The molecule has 0 aliphatic rings. The van der Waals surface area contributed by atoms with Crippen molar-refractivity contribution in [2.24, 2.45) is 0 Å². The van der Waals surface area contributed by atoms with E-state index in [4.69, 9.17) is 0 Å². The van der Waals surface area contributed by atoms with E-state index in [1.165, 1.54) is 11.6 Å². The molecule has 3 rings (SSSR count). The van der Waals surface area contributed by atoms with Crippen LogP contribution in [0.2, 0.25) is 0 Å². The molecule has 1 N–H and O–H groups in total. The highest BCUT2D eigenvalue weighted by molar-refractivity contribution is 9.10. The summed E-state index contributed by atoms with van der Waals surface area (Å²) in [5.41, 5.74) is 2.73. The third kappa shape index (κ3) is 2.36. The number of aromatic amines is 1. The average Bonchev–Trinajstić information content (AvgIpc) is 2.84. The Morgan fingerprint density at radius 1 is 1.25 bits per heavy atom. The molecule has 2 nitrogen and oxygen atoms in total. The highest BCUT2D eigenvalue weighted by Gasteiger charge is 2.16. The minimum atomic E-state index is -0.277. The fourth-order valence-electron chi connectivity index (χ4n) is 2.46. The van der Waals surface area contributed by atoms with Crippen LogP contribution in [0, 0.1) is 5.82 Å². The fourth-order valence-corrected chi connectivity index (χ4v) is 2.79. The van der Waals surface area contributed by atoms with E-state index in [2.05, 4.69) is 45.0 Å². The molecule has 2 aromatic carbocycles. The molecule has 0 bridgehead atoms. The number of nitrogens with one attached hydrogen (secondary N) is 1. The zero-order valence-electron chi connectivity index (χ0n) is 11.0. The predicted octanol–water partition coefficient (Wildman–Crippen LogP) is 5.01. The van der Waals surface area contributed by atoms with Crippen molar-refractivity contribution in [3.8, 4) is 0 Å². The summed E-state index contributed by atoms with van der Waals surface area (Å²) in [6, 6.07) is 13.4. The van der Waals surface area contributed by atoms with Gasteiger partial charge in [-0.25, -0.2) is 9.37 Å². The second kappa shape index (κ2) is 5.37. The first-order valence-corrected chi connectivity index (χ1v) is 7.38. The first-order chi connectivity index (χ1) is 9.69. The van der Waals surface area contributed by atoms with E-state index in [0.29, 0.717) is 4.47 Å². The summed E-state index contributed by atoms with van der Waals surface area (Å²) in [5, 5.41) is 0. The Kier molecular flexibility index (Phi) is 3.57. The van der Waals surface area contributed by atoms with Crippen molar-refractivity contribution in [2.45, 2.75) is 19.3 Å². The number of nitrogens with zero attached hydrogens (tertiary/aromatic N) is 1. The maximum atomic E-state index is 13.6. The summed E-state index contributed by atoms with van der Waals surface area (Å²) in [5.74, 6) is 0.803. The van der Waals surface area contributed by atoms with Gasteiger partial charge in [-0.2, -0.15) is 0 Å². The summed E-state index contributed by atoms with van der Waals surface area (Å²) in [6.45, 7) is 2.13. The molecule has 0 fully saturated rings. The van der Waals surface area contributed by atoms with Gasteiger partial charge < -0.3 is 4.98 Å². The number of aromatic nitrogens is 2. The van der Waals surface area contributed by atoms with Crippen molar-refractivity contribution >= 4 is 27.0 Å². The number of imidazole rings is 1. The van der Waals surface area contributed by atoms with Crippen LogP contribution in [0.4, 0.5) is 4.39 Å². The van der Waals surface area contributed by atoms with Crippen molar-refractivity contribution < 1.29 is 4.39 Å². The molecule has 0 amide bonds. The third-order valence-electron chi connectivity index (χ3n) is 3.48. The van der Waals surface area contributed by atoms with Crippen molar-refractivity contribution in [3.05, 3.63) is 64.1 Å². The number of rotatable bonds is 3. The smallest absolute Gasteiger partial charge is 0.139 e. The lowest BCUT2D eigenvalue weighted by atomic mass is 9.96. The van der Waals surface area contributed by atoms with Crippen LogP contribution in [0.15, 0.2) is 46.9 Å². The number of hydrogen-bond acceptors (Lipinski definition) is 1. The second-order valence-electron chi connectivity index (χ2n) is 4.78. The van der Waals surface area contributed by atoms with Crippen LogP contribution in [-0.2, 0) is 0 Å². The van der Waals surface area contributed by atoms with E-state index in [9.17, 15) is 4.39 Å². The van der Waals surface area contributed by atoms with Gasteiger partial charge in [-0.15, -0.1) is 0 Å². The topological polar surface area (TPSA) is 28.7 Å². The van der Waals surface area contributed by atoms with E-state index in [1.54, 1.807) is 6.07 Å². The Morgan fingerprint density at radius 2 is 2.00 bits per heavy atom. The van der Waals surface area contributed by atoms with E-state index in [-0.39, 0.29) is 11.7 Å². The Hall–Kier alpha value is -1.68. The summed E-state index contributed by atoms with van der Waals surface area (Å²) in [6.07, 6.45) is 0.938. The highest BCUT2D eigenvalue weighted by atomic mass is 79.9. The van der Waals surface area contributed by atoms with Gasteiger partial charge in [0.25, 0.3) is 0 Å². The van der Waals surface area contributed by atoms with Gasteiger partial charge in [0.1, 0.15) is 11.6 Å². The minimum Gasteiger partial charge on any atom is -0.341 e. The van der Waals surface area contributed by atoms with Crippen molar-refractivity contribution in [2.75, 3.05) is 0 Å². The molecule has 1 unspecified atom stereocenters. The van der Waals surface area contributed by atoms with Gasteiger partial charge in [0.2, 0.25) is 0 Å². The summed E-state index contributed by atoms with van der Waals surface area (Å²) < 4.78 is 14.0. The van der Waals surface area contributed by atoms with Crippen LogP contribution in [0.5, 0.6) is 0 Å². The molecule has 0 saturated heterocycles. The fraction of sp³-hybridized carbons (Fsp3) is 0.188. The molecule has 20 heavy (non-hydrogen) atoms. The molecule has 102 valence electrons. The lowest BCUT2D eigenvalue weighted by molar-refractivity contribution is 0.623. The maximum absolute atomic E-state index is 13.6. The predicted molar refractivity (Wildman–Crippen MR) is 82.3 cm³/mol. The number of halogens is 2. The number of benzene rings is 2. The van der Waals surface area contributed by atoms with Gasteiger partial charge in [-0.05, 0) is 34.0 Å². The van der Waals surface area contributed by atoms with Gasteiger partial charge in [0, 0.05) is 12.0 Å². The van der Waals surface area contributed by atoms with E-state index in [1.807, 2.05) is 18.2 Å². The molecule has 3 aromatic rings. The van der Waals surface area contributed by atoms with Crippen LogP contribution in [0.1, 0.15) is 30.7 Å². The van der Waals surface area contributed by atoms with Crippen molar-refractivity contribution in [1.82, 2.24) is 9.97 Å². The minimum absolute atomic E-state index is 0.199. The number of hydrogen-bond donors (Lipinski definition) is 1. The Balaban J connectivity index is 2.09. The lowest BCUT2D eigenvalue weighted by Crippen LogP contribution is -2.01. The Morgan fingerprint density at radius 3 is 2.70 bits per heavy atom. The first-order valence-electron chi connectivity index (χ1n) is 6.58. The van der Waals surface area contributed by atoms with Crippen LogP contribution in [-0.4, -0.2) is 9.97 Å². The largest absolute Gasteiger partial charge is 0.341 e. The van der Waals surface area contributed by atoms with E-state index < -0.39 is 0 Å². The van der Waals surface area contributed by atoms with Crippen molar-refractivity contribution in [3.63, 3.8) is 0 Å². The van der Waals surface area contributed by atoms with Gasteiger partial charge in [-0.1, -0.05) is 37.3 Å². The molecule has 0 radical (unpaired) electrons. The molecule has 0 saturated carbocycles. The average molecular weight is 333 g/mol. The van der Waals surface area contributed by atoms with Crippen LogP contribution >= 0.6 is 15.9 Å². The molecule has 1 atom stereocenters. The molecular formula is C16H14BrFN2. The van der Waals surface area contributed by atoms with Gasteiger partial charge in [0.15, 0.2) is 0 Å². The standard InChI is InChI=1S/C16H14BrFN2/c1-2-11(10-6-4-3-5-7-10)16-19-14-8-12(17)13(18)9-15(14)20-16/h3-9,11H,2H2,1H3,(H,19,20). The number of H-pyrrole nitrogens is 1. The molecule has 1 heterocycles. The quantitative estimate of drug-likeness (QED) is 0.717. The maximum Gasteiger partial charge on any atom is 0.139 e. The molecule has 0 aliphatic heterocycles. The molecule has 0 aliphatic carbocycles. The monoisotopic (exact) mass is 332 g/mol. The molecule has 0 spiro atoms. The summed E-state index contributed by atoms with van der Waals surface area (Å²) in [4.78, 5) is 7.85. The normalized spacial score (nSPS) is 12.8. The van der Waals surface area contributed by atoms with Crippen LogP contribution in [0.3, 0.4) is 0 Å². The van der Waals surface area contributed by atoms with E-state index >= 15 is 0 Å². The second-order valence-corrected chi connectivity index (χ2v) is 5.63. The van der Waals surface area contributed by atoms with Crippen molar-refractivity contribution in [1.29, 1.82) is 0 Å². The molecular weight excluding hydrogens is 319 g/mol. The van der Waals surface area contributed by atoms with Gasteiger partial charge in [0.05, 0.1) is 15.5 Å². The van der Waals surface area contributed by atoms with Gasteiger partial charge in [-0.3, -0.25) is 0 Å². The zero-order valence-corrected chi connectivity index (χ0v) is 12.6. The number of fused-ring (bicyclic) bond motifs is 1. The Bertz CT molecular complexity index is 698. The Labute approximate surface area is 125 Å². The summed E-state index contributed by atoms with van der Waals surface area (Å²) >= 11 is 3.20. The molecule has 1 aromatic heterocycles. The molecule has 4 heteroatoms. The van der Waals surface area contributed by atoms with E-state index in [0.717, 1.165) is 23.3 Å². The lowest BCUT2D eigenvalue weighted by Gasteiger charge is -2.12. The SMILES string of the molecule is CCC(c1ccccc1)c1nc2cc(Br)c(F)cc2[nH]1. The zero-order chi connectivity index (χ0) is 14.1. The van der Waals surface area contributed by atoms with Crippen LogP contribution in [0.25, 0.3) is 11.0 Å². The highest BCUT2D eigenvalue weighted by Crippen LogP contribution is 2.29.